The molecular formula is C12H13NO3. The lowest BCUT2D eigenvalue weighted by Gasteiger charge is -2.17. The Labute approximate surface area is 93.3 Å². The van der Waals surface area contributed by atoms with Gasteiger partial charge in [0.1, 0.15) is 5.92 Å². The molecule has 1 aromatic carbocycles. The summed E-state index contributed by atoms with van der Waals surface area (Å²) in [6.45, 7) is 1.83. The van der Waals surface area contributed by atoms with E-state index in [2.05, 4.69) is 5.32 Å². The molecule has 0 bridgehead atoms. The maximum Gasteiger partial charge on any atom is 0.316 e. The maximum absolute atomic E-state index is 11.5. The van der Waals surface area contributed by atoms with Gasteiger partial charge < -0.3 is 10.4 Å². The van der Waals surface area contributed by atoms with Crippen molar-refractivity contribution in [1.29, 1.82) is 0 Å². The fraction of sp³-hybridized carbons (Fsp3) is 0.333. The molecule has 1 amide bonds. The lowest BCUT2D eigenvalue weighted by molar-refractivity contribution is -0.145. The van der Waals surface area contributed by atoms with E-state index in [1.165, 1.54) is 0 Å². The van der Waals surface area contributed by atoms with Crippen molar-refractivity contribution < 1.29 is 14.7 Å². The fourth-order valence-electron chi connectivity index (χ4n) is 2.28. The molecule has 2 rings (SSSR count). The van der Waals surface area contributed by atoms with E-state index in [4.69, 9.17) is 5.11 Å². The molecule has 2 N–H and O–H groups in total. The van der Waals surface area contributed by atoms with Crippen LogP contribution < -0.4 is 5.32 Å². The first-order chi connectivity index (χ1) is 7.61. The van der Waals surface area contributed by atoms with Crippen molar-refractivity contribution in [2.45, 2.75) is 18.9 Å². The Kier molecular flexibility index (Phi) is 2.64. The minimum absolute atomic E-state index is 0.143. The van der Waals surface area contributed by atoms with Gasteiger partial charge in [-0.1, -0.05) is 30.3 Å². The first-order valence-corrected chi connectivity index (χ1v) is 5.19. The zero-order valence-corrected chi connectivity index (χ0v) is 8.88. The average molecular weight is 219 g/mol. The highest BCUT2D eigenvalue weighted by molar-refractivity contribution is 6.00. The molecule has 0 radical (unpaired) electrons. The largest absolute Gasteiger partial charge is 0.481 e. The van der Waals surface area contributed by atoms with E-state index >= 15 is 0 Å². The number of hydrogen-bond donors (Lipinski definition) is 2. The van der Waals surface area contributed by atoms with Gasteiger partial charge in [-0.2, -0.15) is 0 Å². The summed E-state index contributed by atoms with van der Waals surface area (Å²) in [5.74, 6) is -2.71. The molecule has 3 atom stereocenters. The molecule has 0 spiro atoms. The minimum atomic E-state index is -1.06. The lowest BCUT2D eigenvalue weighted by atomic mass is 9.85. The van der Waals surface area contributed by atoms with Gasteiger partial charge in [0.2, 0.25) is 5.91 Å². The van der Waals surface area contributed by atoms with Gasteiger partial charge in [0.05, 0.1) is 0 Å². The summed E-state index contributed by atoms with van der Waals surface area (Å²) in [4.78, 5) is 22.6. The molecule has 1 aliphatic rings. The van der Waals surface area contributed by atoms with Crippen molar-refractivity contribution in [3.8, 4) is 0 Å². The van der Waals surface area contributed by atoms with Gasteiger partial charge in [-0.05, 0) is 12.5 Å². The zero-order valence-electron chi connectivity index (χ0n) is 8.88. The van der Waals surface area contributed by atoms with Crippen molar-refractivity contribution in [1.82, 2.24) is 5.32 Å². The summed E-state index contributed by atoms with van der Waals surface area (Å²) in [6.07, 6.45) is 0. The second-order valence-corrected chi connectivity index (χ2v) is 4.05. The van der Waals surface area contributed by atoms with E-state index in [0.717, 1.165) is 5.56 Å². The molecule has 0 aliphatic carbocycles. The van der Waals surface area contributed by atoms with Gasteiger partial charge in [-0.3, -0.25) is 9.59 Å². The Morgan fingerprint density at radius 2 is 1.94 bits per heavy atom. The number of carboxylic acid groups (broad SMARTS) is 1. The van der Waals surface area contributed by atoms with E-state index in [-0.39, 0.29) is 12.0 Å². The molecule has 1 aromatic rings. The van der Waals surface area contributed by atoms with E-state index in [0.29, 0.717) is 0 Å². The molecule has 4 heteroatoms. The van der Waals surface area contributed by atoms with Crippen molar-refractivity contribution in [3.63, 3.8) is 0 Å². The van der Waals surface area contributed by atoms with E-state index in [9.17, 15) is 9.59 Å². The highest BCUT2D eigenvalue weighted by Gasteiger charge is 2.45. The van der Waals surface area contributed by atoms with Crippen LogP contribution in [0.2, 0.25) is 0 Å². The zero-order chi connectivity index (χ0) is 11.7. The third kappa shape index (κ3) is 1.66. The Morgan fingerprint density at radius 1 is 1.31 bits per heavy atom. The number of nitrogens with one attached hydrogen (secondary N) is 1. The monoisotopic (exact) mass is 219 g/mol. The molecule has 0 aromatic heterocycles. The van der Waals surface area contributed by atoms with Crippen LogP contribution in [0.1, 0.15) is 18.4 Å². The predicted molar refractivity (Wildman–Crippen MR) is 57.9 cm³/mol. The number of benzene rings is 1. The third-order valence-electron chi connectivity index (χ3n) is 3.00. The number of carbonyl (C=O) groups excluding carboxylic acids is 1. The smallest absolute Gasteiger partial charge is 0.316 e. The van der Waals surface area contributed by atoms with Crippen molar-refractivity contribution in [3.05, 3.63) is 35.9 Å². The Morgan fingerprint density at radius 3 is 2.50 bits per heavy atom. The molecule has 16 heavy (non-hydrogen) atoms. The molecule has 1 aliphatic heterocycles. The van der Waals surface area contributed by atoms with Crippen LogP contribution in [-0.4, -0.2) is 23.0 Å². The summed E-state index contributed by atoms with van der Waals surface area (Å²) < 4.78 is 0. The summed E-state index contributed by atoms with van der Waals surface area (Å²) in [5, 5.41) is 11.7. The average Bonchev–Trinajstić information content (AvgIpc) is 2.55. The van der Waals surface area contributed by atoms with Crippen LogP contribution in [0, 0.1) is 5.92 Å². The number of carboxylic acids is 1. The van der Waals surface area contributed by atoms with Gasteiger partial charge in [0.25, 0.3) is 0 Å². The summed E-state index contributed by atoms with van der Waals surface area (Å²) in [7, 11) is 0. The quantitative estimate of drug-likeness (QED) is 0.729. The molecule has 1 fully saturated rings. The Balaban J connectivity index is 2.38. The molecule has 1 heterocycles. The number of carbonyl (C=O) groups is 2. The SMILES string of the molecule is C[C@@H]1NC(=O)[C@@H](C(=O)O)[C@@H]1c1ccccc1. The highest BCUT2D eigenvalue weighted by atomic mass is 16.4. The highest BCUT2D eigenvalue weighted by Crippen LogP contribution is 2.33. The van der Waals surface area contributed by atoms with E-state index in [1.807, 2.05) is 37.3 Å². The van der Waals surface area contributed by atoms with Gasteiger partial charge in [0, 0.05) is 12.0 Å². The van der Waals surface area contributed by atoms with Crippen molar-refractivity contribution >= 4 is 11.9 Å². The standard InChI is InChI=1S/C12H13NO3/c1-7-9(8-5-3-2-4-6-8)10(12(15)16)11(14)13-7/h2-7,9-10H,1H3,(H,13,14)(H,15,16)/t7-,9-,10-/m0/s1. The molecule has 84 valence electrons. The summed E-state index contributed by atoms with van der Waals surface area (Å²) >= 11 is 0. The van der Waals surface area contributed by atoms with Gasteiger partial charge in [-0.25, -0.2) is 0 Å². The van der Waals surface area contributed by atoms with Crippen LogP contribution in [-0.2, 0) is 9.59 Å². The van der Waals surface area contributed by atoms with Crippen LogP contribution in [0.15, 0.2) is 30.3 Å². The number of aliphatic carboxylic acids is 1. The molecule has 1 saturated heterocycles. The summed E-state index contributed by atoms with van der Waals surface area (Å²) in [6, 6.07) is 9.15. The van der Waals surface area contributed by atoms with Crippen LogP contribution in [0.3, 0.4) is 0 Å². The van der Waals surface area contributed by atoms with Gasteiger partial charge in [0.15, 0.2) is 0 Å². The van der Waals surface area contributed by atoms with E-state index < -0.39 is 17.8 Å². The molecule has 0 unspecified atom stereocenters. The second-order valence-electron chi connectivity index (χ2n) is 4.05. The first kappa shape index (κ1) is 10.7. The van der Waals surface area contributed by atoms with Gasteiger partial charge in [-0.15, -0.1) is 0 Å². The Hall–Kier alpha value is -1.84. The normalized spacial score (nSPS) is 28.8. The van der Waals surface area contributed by atoms with Crippen molar-refractivity contribution in [2.24, 2.45) is 5.92 Å². The Bertz CT molecular complexity index is 416. The van der Waals surface area contributed by atoms with E-state index in [1.54, 1.807) is 0 Å². The van der Waals surface area contributed by atoms with Crippen molar-refractivity contribution in [2.75, 3.05) is 0 Å². The molecule has 4 nitrogen and oxygen atoms in total. The third-order valence-corrected chi connectivity index (χ3v) is 3.00. The number of rotatable bonds is 2. The number of hydrogen-bond acceptors (Lipinski definition) is 2. The summed E-state index contributed by atoms with van der Waals surface area (Å²) in [5.41, 5.74) is 0.890. The number of amides is 1. The van der Waals surface area contributed by atoms with Crippen LogP contribution in [0.5, 0.6) is 0 Å². The van der Waals surface area contributed by atoms with Gasteiger partial charge >= 0.3 is 5.97 Å². The van der Waals surface area contributed by atoms with Crippen LogP contribution in [0.4, 0.5) is 0 Å². The molecular weight excluding hydrogens is 206 g/mol. The second kappa shape index (κ2) is 3.96. The lowest BCUT2D eigenvalue weighted by Crippen LogP contribution is -2.26. The topological polar surface area (TPSA) is 66.4 Å². The fourth-order valence-corrected chi connectivity index (χ4v) is 2.28. The maximum atomic E-state index is 11.5. The van der Waals surface area contributed by atoms with Crippen LogP contribution >= 0.6 is 0 Å². The minimum Gasteiger partial charge on any atom is -0.481 e. The molecule has 0 saturated carbocycles. The predicted octanol–water partition coefficient (Wildman–Crippen LogP) is 0.989. The van der Waals surface area contributed by atoms with Crippen LogP contribution in [0.25, 0.3) is 0 Å². The first-order valence-electron chi connectivity index (χ1n) is 5.19.